The van der Waals surface area contributed by atoms with Gasteiger partial charge in [0.15, 0.2) is 0 Å². The molecular formula is C25H26N4O6. The topological polar surface area (TPSA) is 115 Å². The number of guanidine groups is 1. The van der Waals surface area contributed by atoms with Gasteiger partial charge < -0.3 is 14.4 Å². The van der Waals surface area contributed by atoms with Crippen molar-refractivity contribution in [2.75, 3.05) is 30.1 Å². The first-order valence-corrected chi connectivity index (χ1v) is 11.4. The van der Waals surface area contributed by atoms with Gasteiger partial charge in [0.25, 0.3) is 5.69 Å². The fourth-order valence-electron chi connectivity index (χ4n) is 4.28. The molecule has 0 saturated heterocycles. The van der Waals surface area contributed by atoms with Crippen molar-refractivity contribution in [1.82, 2.24) is 0 Å². The van der Waals surface area contributed by atoms with Crippen molar-refractivity contribution in [1.29, 1.82) is 0 Å². The van der Waals surface area contributed by atoms with E-state index in [9.17, 15) is 19.7 Å². The second-order valence-corrected chi connectivity index (χ2v) is 8.06. The smallest absolute Gasteiger partial charge is 0.338 e. The van der Waals surface area contributed by atoms with Crippen LogP contribution in [0.5, 0.6) is 0 Å². The van der Waals surface area contributed by atoms with Crippen LogP contribution in [0.2, 0.25) is 0 Å². The Morgan fingerprint density at radius 2 is 1.83 bits per heavy atom. The van der Waals surface area contributed by atoms with E-state index in [1.54, 1.807) is 31.2 Å². The molecule has 4 rings (SSSR count). The number of fused-ring (bicyclic) bond motifs is 3. The molecule has 10 nitrogen and oxygen atoms in total. The van der Waals surface area contributed by atoms with Gasteiger partial charge in [0.1, 0.15) is 0 Å². The number of nitrogens with zero attached hydrogens (tertiary/aromatic N) is 4. The number of hydrogen-bond donors (Lipinski definition) is 0. The van der Waals surface area contributed by atoms with Crippen LogP contribution < -0.4 is 9.80 Å². The lowest BCUT2D eigenvalue weighted by Crippen LogP contribution is -2.44. The van der Waals surface area contributed by atoms with Crippen LogP contribution >= 0.6 is 0 Å². The second-order valence-electron chi connectivity index (χ2n) is 8.06. The highest BCUT2D eigenvalue weighted by atomic mass is 16.6. The third-order valence-corrected chi connectivity index (χ3v) is 5.94. The average Bonchev–Trinajstić information content (AvgIpc) is 3.19. The number of unbranched alkanes of at least 4 members (excludes halogenated alkanes) is 1. The Kier molecular flexibility index (Phi) is 6.81. The van der Waals surface area contributed by atoms with Gasteiger partial charge in [-0.25, -0.2) is 14.6 Å². The summed E-state index contributed by atoms with van der Waals surface area (Å²) < 4.78 is 10.2. The van der Waals surface area contributed by atoms with Gasteiger partial charge in [-0.3, -0.25) is 15.0 Å². The number of carbonyl (C=O) groups excluding carboxylic acids is 2. The van der Waals surface area contributed by atoms with Crippen LogP contribution in [0.1, 0.15) is 48.7 Å². The summed E-state index contributed by atoms with van der Waals surface area (Å²) in [7, 11) is 1.32. The minimum Gasteiger partial charge on any atom is -0.465 e. The van der Waals surface area contributed by atoms with E-state index in [1.807, 2.05) is 11.0 Å². The van der Waals surface area contributed by atoms with Crippen molar-refractivity contribution >= 4 is 35.0 Å². The molecule has 1 unspecified atom stereocenters. The number of esters is 2. The Morgan fingerprint density at radius 3 is 2.46 bits per heavy atom. The third kappa shape index (κ3) is 4.34. The Hall–Kier alpha value is -4.21. The van der Waals surface area contributed by atoms with E-state index >= 15 is 0 Å². The van der Waals surface area contributed by atoms with E-state index < -0.39 is 22.9 Å². The highest BCUT2D eigenvalue weighted by Gasteiger charge is 2.43. The lowest BCUT2D eigenvalue weighted by Gasteiger charge is -2.34. The molecule has 182 valence electrons. The molecule has 35 heavy (non-hydrogen) atoms. The molecule has 0 N–H and O–H groups in total. The monoisotopic (exact) mass is 478 g/mol. The van der Waals surface area contributed by atoms with Crippen LogP contribution in [0.4, 0.5) is 17.1 Å². The second kappa shape index (κ2) is 9.96. The molecule has 1 atom stereocenters. The number of non-ortho nitro benzene ring substituents is 1. The number of aliphatic imine (C=N–C) groups is 1. The summed E-state index contributed by atoms with van der Waals surface area (Å²) in [5, 5.41) is 11.2. The number of anilines is 2. The van der Waals surface area contributed by atoms with Crippen LogP contribution in [0, 0.1) is 10.1 Å². The zero-order valence-electron chi connectivity index (χ0n) is 19.8. The van der Waals surface area contributed by atoms with Gasteiger partial charge in [-0.2, -0.15) is 0 Å². The summed E-state index contributed by atoms with van der Waals surface area (Å²) in [4.78, 5) is 44.5. The number of ether oxygens (including phenoxy) is 2. The number of nitro benzene ring substituents is 1. The molecule has 0 radical (unpaired) electrons. The van der Waals surface area contributed by atoms with E-state index in [2.05, 4.69) is 16.8 Å². The number of nitro groups is 1. The van der Waals surface area contributed by atoms with Gasteiger partial charge in [0.05, 0.1) is 47.2 Å². The summed E-state index contributed by atoms with van der Waals surface area (Å²) >= 11 is 0. The number of methoxy groups -OCH3 is 1. The zero-order valence-corrected chi connectivity index (χ0v) is 19.8. The molecular weight excluding hydrogens is 452 g/mol. The number of benzene rings is 2. The van der Waals surface area contributed by atoms with E-state index in [0.29, 0.717) is 29.3 Å². The van der Waals surface area contributed by atoms with E-state index in [4.69, 9.17) is 9.47 Å². The van der Waals surface area contributed by atoms with Crippen molar-refractivity contribution in [2.45, 2.75) is 32.7 Å². The normalized spacial score (nSPS) is 16.1. The maximum atomic E-state index is 13.0. The van der Waals surface area contributed by atoms with Crippen LogP contribution in [0.15, 0.2) is 59.2 Å². The highest BCUT2D eigenvalue weighted by Crippen LogP contribution is 2.47. The first kappa shape index (κ1) is 23.9. The Balaban J connectivity index is 1.89. The predicted molar refractivity (Wildman–Crippen MR) is 131 cm³/mol. The van der Waals surface area contributed by atoms with Crippen LogP contribution in [-0.4, -0.2) is 43.1 Å². The van der Waals surface area contributed by atoms with Crippen molar-refractivity contribution in [3.05, 3.63) is 75.5 Å². The Labute approximate surface area is 202 Å². The highest BCUT2D eigenvalue weighted by molar-refractivity contribution is 6.19. The van der Waals surface area contributed by atoms with Gasteiger partial charge >= 0.3 is 11.9 Å². The predicted octanol–water partition coefficient (Wildman–Crippen LogP) is 4.37. The minimum atomic E-state index is -0.666. The van der Waals surface area contributed by atoms with Gasteiger partial charge in [-0.05, 0) is 49.2 Å². The summed E-state index contributed by atoms with van der Waals surface area (Å²) in [6, 6.07) is 10.6. The van der Waals surface area contributed by atoms with Crippen molar-refractivity contribution in [3.63, 3.8) is 0 Å². The van der Waals surface area contributed by atoms with E-state index in [-0.39, 0.29) is 17.9 Å². The molecule has 2 aromatic rings. The summed E-state index contributed by atoms with van der Waals surface area (Å²) in [5.41, 5.74) is 2.76. The SMILES string of the molecule is CCCCN1C2=NC=C(C(=O)OCC)C(c3ccc([N+](=O)[O-])cc3)N2c2cc(C(=O)OC)ccc21. The van der Waals surface area contributed by atoms with Crippen molar-refractivity contribution in [3.8, 4) is 0 Å². The molecule has 2 heterocycles. The number of carbonyl (C=O) groups is 2. The van der Waals surface area contributed by atoms with E-state index in [0.717, 1.165) is 18.5 Å². The van der Waals surface area contributed by atoms with Crippen LogP contribution in [-0.2, 0) is 14.3 Å². The zero-order chi connectivity index (χ0) is 25.1. The molecule has 10 heteroatoms. The molecule has 0 spiro atoms. The fourth-order valence-corrected chi connectivity index (χ4v) is 4.28. The van der Waals surface area contributed by atoms with Gasteiger partial charge in [0, 0.05) is 24.9 Å². The first-order chi connectivity index (χ1) is 16.9. The minimum absolute atomic E-state index is 0.0560. The summed E-state index contributed by atoms with van der Waals surface area (Å²) in [6.45, 7) is 4.69. The Morgan fingerprint density at radius 1 is 1.09 bits per heavy atom. The molecule has 0 amide bonds. The largest absolute Gasteiger partial charge is 0.465 e. The summed E-state index contributed by atoms with van der Waals surface area (Å²) in [6.07, 6.45) is 3.37. The number of rotatable bonds is 8. The molecule has 0 aromatic heterocycles. The molecule has 0 fully saturated rings. The van der Waals surface area contributed by atoms with Crippen LogP contribution in [0.3, 0.4) is 0 Å². The lowest BCUT2D eigenvalue weighted by atomic mass is 9.96. The quantitative estimate of drug-likeness (QED) is 0.312. The average molecular weight is 479 g/mol. The molecule has 2 aliphatic heterocycles. The van der Waals surface area contributed by atoms with Gasteiger partial charge in [-0.15, -0.1) is 0 Å². The lowest BCUT2D eigenvalue weighted by molar-refractivity contribution is -0.384. The first-order valence-electron chi connectivity index (χ1n) is 11.4. The maximum Gasteiger partial charge on any atom is 0.338 e. The molecule has 0 aliphatic carbocycles. The van der Waals surface area contributed by atoms with Crippen molar-refractivity contribution in [2.24, 2.45) is 4.99 Å². The standard InChI is InChI=1S/C25H26N4O6/c1-4-6-13-27-20-12-9-17(23(30)34-3)14-21(20)28-22(16-7-10-18(11-8-16)29(32)33)19(15-26-25(27)28)24(31)35-5-2/h7-12,14-15,22H,4-6,13H2,1-3H3. The molecule has 0 saturated carbocycles. The van der Waals surface area contributed by atoms with Crippen LogP contribution in [0.25, 0.3) is 0 Å². The third-order valence-electron chi connectivity index (χ3n) is 5.94. The molecule has 2 aliphatic rings. The van der Waals surface area contributed by atoms with Gasteiger partial charge in [0.2, 0.25) is 5.96 Å². The molecule has 0 bridgehead atoms. The van der Waals surface area contributed by atoms with Gasteiger partial charge in [-0.1, -0.05) is 13.3 Å². The van der Waals surface area contributed by atoms with E-state index in [1.165, 1.54) is 25.4 Å². The molecule has 2 aromatic carbocycles. The fraction of sp³-hybridized carbons (Fsp3) is 0.320. The maximum absolute atomic E-state index is 13.0. The summed E-state index contributed by atoms with van der Waals surface area (Å²) in [5.74, 6) is -0.411. The Bertz CT molecular complexity index is 1220. The van der Waals surface area contributed by atoms with Crippen molar-refractivity contribution < 1.29 is 24.0 Å². The number of hydrogen-bond acceptors (Lipinski definition) is 9.